The summed E-state index contributed by atoms with van der Waals surface area (Å²) in [7, 11) is 0. The third-order valence-corrected chi connectivity index (χ3v) is 8.08. The molecule has 0 unspecified atom stereocenters. The Morgan fingerprint density at radius 2 is 1.09 bits per heavy atom. The van der Waals surface area contributed by atoms with Crippen LogP contribution in [0.1, 0.15) is 22.3 Å². The fourth-order valence-corrected chi connectivity index (χ4v) is 5.65. The first kappa shape index (κ1) is 27.0. The predicted molar refractivity (Wildman–Crippen MR) is 186 cm³/mol. The monoisotopic (exact) mass is 571 g/mol. The van der Waals surface area contributed by atoms with Gasteiger partial charge in [-0.15, -0.1) is 0 Å². The summed E-state index contributed by atoms with van der Waals surface area (Å²) in [6, 6.07) is 45.8. The van der Waals surface area contributed by atoms with Gasteiger partial charge in [-0.2, -0.15) is 0 Å². The van der Waals surface area contributed by atoms with E-state index in [1.165, 1.54) is 22.3 Å². The van der Waals surface area contributed by atoms with Crippen LogP contribution in [0.3, 0.4) is 0 Å². The molecule has 0 radical (unpaired) electrons. The van der Waals surface area contributed by atoms with Crippen LogP contribution in [0.2, 0.25) is 0 Å². The summed E-state index contributed by atoms with van der Waals surface area (Å²) in [6.45, 7) is 0. The highest BCUT2D eigenvalue weighted by atomic mass is 14.9. The van der Waals surface area contributed by atoms with Crippen molar-refractivity contribution in [2.24, 2.45) is 0 Å². The van der Waals surface area contributed by atoms with E-state index in [0.29, 0.717) is 0 Å². The molecule has 7 N–H and O–H groups in total. The van der Waals surface area contributed by atoms with Crippen LogP contribution in [-0.2, 0) is 12.8 Å². The highest BCUT2D eigenvalue weighted by molar-refractivity contribution is 5.94. The largest absolute Gasteiger partial charge is 0.399 e. The summed E-state index contributed by atoms with van der Waals surface area (Å²) in [5.74, 6) is 0. The van der Waals surface area contributed by atoms with Gasteiger partial charge in [-0.1, -0.05) is 54.6 Å². The van der Waals surface area contributed by atoms with Crippen molar-refractivity contribution in [1.29, 1.82) is 0 Å². The average Bonchev–Trinajstić information content (AvgIpc) is 3.03. The van der Waals surface area contributed by atoms with Crippen molar-refractivity contribution in [2.45, 2.75) is 12.8 Å². The fraction of sp³-hybridized carbons (Fsp3) is 0.0513. The molecule has 0 saturated carbocycles. The summed E-state index contributed by atoms with van der Waals surface area (Å²) >= 11 is 0. The Morgan fingerprint density at radius 1 is 0.455 bits per heavy atom. The zero-order valence-corrected chi connectivity index (χ0v) is 24.3. The van der Waals surface area contributed by atoms with Crippen molar-refractivity contribution in [3.63, 3.8) is 0 Å². The molecule has 1 heterocycles. The number of pyridine rings is 1. The number of hydrogen-bond donors (Lipinski definition) is 4. The molecule has 1 aromatic heterocycles. The van der Waals surface area contributed by atoms with E-state index >= 15 is 0 Å². The maximum absolute atomic E-state index is 6.45. The van der Waals surface area contributed by atoms with Gasteiger partial charge in [0.1, 0.15) is 0 Å². The Kier molecular flexibility index (Phi) is 7.05. The summed E-state index contributed by atoms with van der Waals surface area (Å²) in [6.07, 6.45) is 1.60. The molecular formula is C39H33N5. The van der Waals surface area contributed by atoms with Gasteiger partial charge in [0.25, 0.3) is 0 Å². The minimum atomic E-state index is 0.734. The molecular weight excluding hydrogens is 538 g/mol. The van der Waals surface area contributed by atoms with E-state index in [4.69, 9.17) is 22.2 Å². The normalized spacial score (nSPS) is 11.2. The second kappa shape index (κ2) is 11.5. The zero-order valence-electron chi connectivity index (χ0n) is 24.3. The molecule has 7 rings (SSSR count). The van der Waals surface area contributed by atoms with E-state index in [0.717, 1.165) is 74.2 Å². The zero-order chi connectivity index (χ0) is 30.0. The van der Waals surface area contributed by atoms with Crippen molar-refractivity contribution in [3.05, 3.63) is 156 Å². The van der Waals surface area contributed by atoms with Gasteiger partial charge in [-0.25, -0.2) is 4.98 Å². The van der Waals surface area contributed by atoms with Gasteiger partial charge in [0.05, 0.1) is 11.0 Å². The molecule has 44 heavy (non-hydrogen) atoms. The maximum atomic E-state index is 6.45. The smallest absolute Gasteiger partial charge is 0.0712 e. The van der Waals surface area contributed by atoms with E-state index < -0.39 is 0 Å². The molecule has 5 heteroatoms. The van der Waals surface area contributed by atoms with E-state index in [2.05, 4.69) is 90.2 Å². The van der Waals surface area contributed by atoms with Crippen LogP contribution in [0.25, 0.3) is 32.9 Å². The molecule has 0 fully saturated rings. The standard InChI is InChI=1S/C39H33N5/c40-33-10-15-36(16-11-33)43-35-13-4-26(5-14-35)19-25-1-6-28(7-2-25)29-9-17-37(42)31(22-29)20-27-3-8-30-23-32-24-34(41)12-18-38(32)44-39(30)21-27/h1-18,21-24,43H,19-20,40-42H2. The third-order valence-electron chi connectivity index (χ3n) is 8.08. The number of rotatable bonds is 7. The number of nitrogens with one attached hydrogen (secondary N) is 1. The number of aromatic nitrogens is 1. The molecule has 0 saturated heterocycles. The fourth-order valence-electron chi connectivity index (χ4n) is 5.65. The average molecular weight is 572 g/mol. The third kappa shape index (κ3) is 5.90. The van der Waals surface area contributed by atoms with Crippen molar-refractivity contribution in [2.75, 3.05) is 22.5 Å². The van der Waals surface area contributed by atoms with Crippen LogP contribution in [0.4, 0.5) is 28.4 Å². The molecule has 0 aliphatic rings. The first-order valence-corrected chi connectivity index (χ1v) is 14.7. The number of nitrogens with zero attached hydrogens (tertiary/aromatic N) is 1. The van der Waals surface area contributed by atoms with Crippen LogP contribution in [-0.4, -0.2) is 4.98 Å². The van der Waals surface area contributed by atoms with Gasteiger partial charge in [-0.3, -0.25) is 0 Å². The number of nitrogens with two attached hydrogens (primary N) is 3. The minimum absolute atomic E-state index is 0.734. The Labute approximate surface area is 257 Å². The lowest BCUT2D eigenvalue weighted by atomic mass is 9.96. The highest BCUT2D eigenvalue weighted by Gasteiger charge is 2.08. The molecule has 6 aromatic carbocycles. The Morgan fingerprint density at radius 3 is 1.84 bits per heavy atom. The number of hydrogen-bond acceptors (Lipinski definition) is 5. The summed E-state index contributed by atoms with van der Waals surface area (Å²) in [5, 5.41) is 5.56. The van der Waals surface area contributed by atoms with Crippen molar-refractivity contribution >= 4 is 50.2 Å². The van der Waals surface area contributed by atoms with Gasteiger partial charge in [0, 0.05) is 39.2 Å². The number of fused-ring (bicyclic) bond motifs is 2. The summed E-state index contributed by atoms with van der Waals surface area (Å²) < 4.78 is 0. The van der Waals surface area contributed by atoms with Crippen LogP contribution in [0.15, 0.2) is 133 Å². The predicted octanol–water partition coefficient (Wildman–Crippen LogP) is 8.73. The van der Waals surface area contributed by atoms with E-state index in [1.807, 2.05) is 48.5 Å². The maximum Gasteiger partial charge on any atom is 0.0712 e. The van der Waals surface area contributed by atoms with Gasteiger partial charge >= 0.3 is 0 Å². The summed E-state index contributed by atoms with van der Waals surface area (Å²) in [4.78, 5) is 4.88. The Bertz CT molecular complexity index is 2100. The quantitative estimate of drug-likeness (QED) is 0.113. The minimum Gasteiger partial charge on any atom is -0.399 e. The number of nitrogen functional groups attached to an aromatic ring is 3. The molecule has 0 spiro atoms. The first-order chi connectivity index (χ1) is 21.4. The number of anilines is 5. The first-order valence-electron chi connectivity index (χ1n) is 14.7. The van der Waals surface area contributed by atoms with Gasteiger partial charge in [0.2, 0.25) is 0 Å². The van der Waals surface area contributed by atoms with E-state index in [1.54, 1.807) is 0 Å². The van der Waals surface area contributed by atoms with Crippen molar-refractivity contribution in [1.82, 2.24) is 4.98 Å². The van der Waals surface area contributed by atoms with Gasteiger partial charge in [-0.05, 0) is 125 Å². The molecule has 214 valence electrons. The number of benzene rings is 6. The van der Waals surface area contributed by atoms with Crippen LogP contribution >= 0.6 is 0 Å². The SMILES string of the molecule is Nc1ccc(Nc2ccc(Cc3ccc(-c4ccc(N)c(Cc5ccc6cc7cc(N)ccc7nc6c5)c4)cc3)cc2)cc1. The highest BCUT2D eigenvalue weighted by Crippen LogP contribution is 2.28. The molecule has 0 bridgehead atoms. The Balaban J connectivity index is 1.05. The Hall–Kier alpha value is -5.81. The lowest BCUT2D eigenvalue weighted by Gasteiger charge is -2.11. The molecule has 7 aromatic rings. The lowest BCUT2D eigenvalue weighted by molar-refractivity contribution is 1.19. The molecule has 5 nitrogen and oxygen atoms in total. The van der Waals surface area contributed by atoms with Gasteiger partial charge < -0.3 is 22.5 Å². The van der Waals surface area contributed by atoms with Crippen LogP contribution in [0, 0.1) is 0 Å². The lowest BCUT2D eigenvalue weighted by Crippen LogP contribution is -1.97. The van der Waals surface area contributed by atoms with Crippen molar-refractivity contribution in [3.8, 4) is 11.1 Å². The second-order valence-corrected chi connectivity index (χ2v) is 11.4. The van der Waals surface area contributed by atoms with Gasteiger partial charge in [0.15, 0.2) is 0 Å². The summed E-state index contributed by atoms with van der Waals surface area (Å²) in [5.41, 5.74) is 31.6. The van der Waals surface area contributed by atoms with Crippen LogP contribution in [0.5, 0.6) is 0 Å². The molecule has 0 amide bonds. The topological polar surface area (TPSA) is 103 Å². The molecule has 0 aliphatic carbocycles. The van der Waals surface area contributed by atoms with E-state index in [-0.39, 0.29) is 0 Å². The van der Waals surface area contributed by atoms with E-state index in [9.17, 15) is 0 Å². The van der Waals surface area contributed by atoms with Crippen LogP contribution < -0.4 is 22.5 Å². The second-order valence-electron chi connectivity index (χ2n) is 11.4. The molecule has 0 aliphatic heterocycles. The molecule has 0 atom stereocenters. The van der Waals surface area contributed by atoms with Crippen molar-refractivity contribution < 1.29 is 0 Å².